The summed E-state index contributed by atoms with van der Waals surface area (Å²) in [5.41, 5.74) is 3.69. The van der Waals surface area contributed by atoms with Gasteiger partial charge in [0, 0.05) is 32.6 Å². The zero-order valence-corrected chi connectivity index (χ0v) is 16.0. The fraction of sp³-hybridized carbons (Fsp3) is 0.0526. The van der Waals surface area contributed by atoms with Crippen LogP contribution in [0.2, 0.25) is 10.0 Å². The molecule has 0 aliphatic heterocycles. The lowest BCUT2D eigenvalue weighted by Crippen LogP contribution is -2.12. The number of fused-ring (bicyclic) bond motifs is 1. The first-order chi connectivity index (χ1) is 12.5. The molecule has 4 nitrogen and oxygen atoms in total. The van der Waals surface area contributed by atoms with E-state index in [1.54, 1.807) is 29.5 Å². The van der Waals surface area contributed by atoms with Crippen molar-refractivity contribution in [2.24, 2.45) is 0 Å². The molecule has 1 amide bonds. The van der Waals surface area contributed by atoms with Crippen LogP contribution in [0.5, 0.6) is 0 Å². The highest BCUT2D eigenvalue weighted by Gasteiger charge is 2.17. The Labute approximate surface area is 163 Å². The third-order valence-electron chi connectivity index (χ3n) is 3.98. The Morgan fingerprint density at radius 1 is 1.15 bits per heavy atom. The molecule has 2 aromatic heterocycles. The molecule has 0 fully saturated rings. The molecule has 0 spiro atoms. The number of hydrogen-bond acceptors (Lipinski definition) is 3. The first-order valence-electron chi connectivity index (χ1n) is 7.82. The summed E-state index contributed by atoms with van der Waals surface area (Å²) in [7, 11) is 0. The Balaban J connectivity index is 1.57. The molecule has 0 bridgehead atoms. The van der Waals surface area contributed by atoms with Crippen LogP contribution in [0.4, 0.5) is 5.69 Å². The lowest BCUT2D eigenvalue weighted by atomic mass is 10.1. The van der Waals surface area contributed by atoms with Gasteiger partial charge in [0.25, 0.3) is 5.91 Å². The van der Waals surface area contributed by atoms with Gasteiger partial charge in [0.15, 0.2) is 0 Å². The van der Waals surface area contributed by atoms with E-state index in [2.05, 4.69) is 15.3 Å². The standard InChI is InChI=1S/C19H13Cl2N3OS/c1-10-22-16(9-26-10)11-2-5-13(6-3-11)23-19(25)18-17(21)14-8-12(20)4-7-15(14)24-18/h2-9,24H,1H3,(H,23,25). The predicted octanol–water partition coefficient (Wildman–Crippen LogP) is 6.16. The number of benzene rings is 2. The normalized spacial score (nSPS) is 11.0. The maximum absolute atomic E-state index is 12.6. The largest absolute Gasteiger partial charge is 0.349 e. The fourth-order valence-electron chi connectivity index (χ4n) is 2.70. The molecule has 0 aliphatic rings. The summed E-state index contributed by atoms with van der Waals surface area (Å²) >= 11 is 13.9. The average Bonchev–Trinajstić information content (AvgIpc) is 3.20. The summed E-state index contributed by atoms with van der Waals surface area (Å²) in [6.45, 7) is 1.97. The van der Waals surface area contributed by atoms with Crippen LogP contribution in [0.25, 0.3) is 22.2 Å². The summed E-state index contributed by atoms with van der Waals surface area (Å²) < 4.78 is 0. The maximum Gasteiger partial charge on any atom is 0.273 e. The van der Waals surface area contributed by atoms with Crippen molar-refractivity contribution in [3.8, 4) is 11.3 Å². The van der Waals surface area contributed by atoms with Crippen molar-refractivity contribution in [2.75, 3.05) is 5.32 Å². The van der Waals surface area contributed by atoms with Gasteiger partial charge in [0.2, 0.25) is 0 Å². The minimum Gasteiger partial charge on any atom is -0.349 e. The molecule has 130 valence electrons. The molecule has 0 saturated carbocycles. The van der Waals surface area contributed by atoms with Gasteiger partial charge in [-0.25, -0.2) is 4.98 Å². The highest BCUT2D eigenvalue weighted by molar-refractivity contribution is 7.09. The molecule has 0 atom stereocenters. The second-order valence-corrected chi connectivity index (χ2v) is 7.66. The Kier molecular flexibility index (Phi) is 4.44. The highest BCUT2D eigenvalue weighted by Crippen LogP contribution is 2.30. The number of rotatable bonds is 3. The molecule has 0 saturated heterocycles. The monoisotopic (exact) mass is 401 g/mol. The number of aryl methyl sites for hydroxylation is 1. The van der Waals surface area contributed by atoms with Gasteiger partial charge in [-0.2, -0.15) is 0 Å². The van der Waals surface area contributed by atoms with Crippen molar-refractivity contribution >= 4 is 57.0 Å². The van der Waals surface area contributed by atoms with E-state index >= 15 is 0 Å². The van der Waals surface area contributed by atoms with E-state index in [1.165, 1.54) is 0 Å². The van der Waals surface area contributed by atoms with E-state index in [9.17, 15) is 4.79 Å². The summed E-state index contributed by atoms with van der Waals surface area (Å²) in [6, 6.07) is 12.8. The number of halogens is 2. The number of nitrogens with one attached hydrogen (secondary N) is 2. The molecular formula is C19H13Cl2N3OS. The lowest BCUT2D eigenvalue weighted by Gasteiger charge is -2.05. The van der Waals surface area contributed by atoms with Crippen LogP contribution < -0.4 is 5.32 Å². The first-order valence-corrected chi connectivity index (χ1v) is 9.45. The van der Waals surface area contributed by atoms with E-state index in [0.29, 0.717) is 21.4 Å². The number of H-pyrrole nitrogens is 1. The molecule has 2 aromatic carbocycles. The number of anilines is 1. The number of carbonyl (C=O) groups is 1. The Morgan fingerprint density at radius 3 is 2.62 bits per heavy atom. The molecule has 26 heavy (non-hydrogen) atoms. The van der Waals surface area contributed by atoms with Crippen LogP contribution in [-0.4, -0.2) is 15.9 Å². The topological polar surface area (TPSA) is 57.8 Å². The van der Waals surface area contributed by atoms with Crippen molar-refractivity contribution < 1.29 is 4.79 Å². The quantitative estimate of drug-likeness (QED) is 0.431. The summed E-state index contributed by atoms with van der Waals surface area (Å²) in [5.74, 6) is -0.306. The highest BCUT2D eigenvalue weighted by atomic mass is 35.5. The molecule has 0 aliphatic carbocycles. The number of thiazole rings is 1. The van der Waals surface area contributed by atoms with Gasteiger partial charge in [-0.3, -0.25) is 4.79 Å². The van der Waals surface area contributed by atoms with E-state index in [1.807, 2.05) is 36.6 Å². The van der Waals surface area contributed by atoms with Crippen molar-refractivity contribution in [1.29, 1.82) is 0 Å². The summed E-state index contributed by atoms with van der Waals surface area (Å²) in [6.07, 6.45) is 0. The number of nitrogens with zero attached hydrogens (tertiary/aromatic N) is 1. The van der Waals surface area contributed by atoms with Gasteiger partial charge in [0.1, 0.15) is 5.69 Å². The van der Waals surface area contributed by atoms with Crippen LogP contribution in [0.1, 0.15) is 15.5 Å². The maximum atomic E-state index is 12.6. The van der Waals surface area contributed by atoms with Gasteiger partial charge in [0.05, 0.1) is 15.7 Å². The number of hydrogen-bond donors (Lipinski definition) is 2. The molecule has 4 aromatic rings. The minimum absolute atomic E-state index is 0.306. The molecular weight excluding hydrogens is 389 g/mol. The van der Waals surface area contributed by atoms with Gasteiger partial charge in [-0.05, 0) is 37.3 Å². The van der Waals surface area contributed by atoms with Gasteiger partial charge < -0.3 is 10.3 Å². The van der Waals surface area contributed by atoms with E-state index in [-0.39, 0.29) is 5.91 Å². The van der Waals surface area contributed by atoms with Crippen LogP contribution in [-0.2, 0) is 0 Å². The van der Waals surface area contributed by atoms with Crippen molar-refractivity contribution in [1.82, 2.24) is 9.97 Å². The second-order valence-electron chi connectivity index (χ2n) is 5.79. The van der Waals surface area contributed by atoms with Crippen molar-refractivity contribution in [3.63, 3.8) is 0 Å². The van der Waals surface area contributed by atoms with Crippen molar-refractivity contribution in [3.05, 3.63) is 68.6 Å². The molecule has 7 heteroatoms. The van der Waals surface area contributed by atoms with E-state index < -0.39 is 0 Å². The van der Waals surface area contributed by atoms with Crippen LogP contribution >= 0.6 is 34.5 Å². The number of aromatic nitrogens is 2. The van der Waals surface area contributed by atoms with Crippen molar-refractivity contribution in [2.45, 2.75) is 6.92 Å². The Morgan fingerprint density at radius 2 is 1.92 bits per heavy atom. The molecule has 2 N–H and O–H groups in total. The first kappa shape index (κ1) is 17.1. The second kappa shape index (κ2) is 6.76. The third kappa shape index (κ3) is 3.21. The molecule has 4 rings (SSSR count). The molecule has 0 unspecified atom stereocenters. The SMILES string of the molecule is Cc1nc(-c2ccc(NC(=O)c3[nH]c4ccc(Cl)cc4c3Cl)cc2)cs1. The van der Waals surface area contributed by atoms with Gasteiger partial charge in [-0.15, -0.1) is 11.3 Å². The Bertz CT molecular complexity index is 1120. The fourth-order valence-corrected chi connectivity index (χ4v) is 3.79. The smallest absolute Gasteiger partial charge is 0.273 e. The summed E-state index contributed by atoms with van der Waals surface area (Å²) in [4.78, 5) is 20.1. The average molecular weight is 402 g/mol. The Hall–Kier alpha value is -2.34. The third-order valence-corrected chi connectivity index (χ3v) is 5.38. The molecule has 0 radical (unpaired) electrons. The van der Waals surface area contributed by atoms with E-state index in [4.69, 9.17) is 23.2 Å². The van der Waals surface area contributed by atoms with Crippen LogP contribution in [0, 0.1) is 6.92 Å². The minimum atomic E-state index is -0.306. The number of aromatic amines is 1. The van der Waals surface area contributed by atoms with E-state index in [0.717, 1.165) is 27.2 Å². The van der Waals surface area contributed by atoms with Gasteiger partial charge >= 0.3 is 0 Å². The zero-order valence-electron chi connectivity index (χ0n) is 13.6. The predicted molar refractivity (Wildman–Crippen MR) is 109 cm³/mol. The zero-order chi connectivity index (χ0) is 18.3. The van der Waals surface area contributed by atoms with Crippen LogP contribution in [0.15, 0.2) is 47.8 Å². The molecule has 2 heterocycles. The number of amides is 1. The number of carbonyl (C=O) groups excluding carboxylic acids is 1. The van der Waals surface area contributed by atoms with Crippen LogP contribution in [0.3, 0.4) is 0 Å². The lowest BCUT2D eigenvalue weighted by molar-refractivity contribution is 0.102. The summed E-state index contributed by atoms with van der Waals surface area (Å²) in [5, 5.41) is 7.53. The van der Waals surface area contributed by atoms with Gasteiger partial charge in [-0.1, -0.05) is 35.3 Å².